The highest BCUT2D eigenvalue weighted by Crippen LogP contribution is 2.12. The molecule has 2 rings (SSSR count). The highest BCUT2D eigenvalue weighted by Gasteiger charge is 2.11. The van der Waals surface area contributed by atoms with Gasteiger partial charge in [0.1, 0.15) is 0 Å². The highest BCUT2D eigenvalue weighted by atomic mass is 32.1. The molecule has 0 unspecified atom stereocenters. The van der Waals surface area contributed by atoms with Crippen LogP contribution in [0.1, 0.15) is 35.4 Å². The Labute approximate surface area is 91.3 Å². The number of hydrogen-bond donors (Lipinski definition) is 1. The minimum atomic E-state index is -0.219. The summed E-state index contributed by atoms with van der Waals surface area (Å²) in [6, 6.07) is -0.219. The summed E-state index contributed by atoms with van der Waals surface area (Å²) in [6.45, 7) is 3.78. The Morgan fingerprint density at radius 2 is 2.33 bits per heavy atom. The van der Waals surface area contributed by atoms with Crippen molar-refractivity contribution in [3.8, 4) is 0 Å². The molecule has 6 heteroatoms. The van der Waals surface area contributed by atoms with Gasteiger partial charge in [-0.2, -0.15) is 4.98 Å². The summed E-state index contributed by atoms with van der Waals surface area (Å²) in [5, 5.41) is 6.88. The van der Waals surface area contributed by atoms with Gasteiger partial charge in [0.25, 0.3) is 0 Å². The number of hydrogen-bond acceptors (Lipinski definition) is 6. The number of nitrogens with zero attached hydrogens (tertiary/aromatic N) is 3. The number of aryl methyl sites for hydroxylation is 1. The fraction of sp³-hybridized carbons (Fsp3) is 0.444. The van der Waals surface area contributed by atoms with E-state index in [1.54, 1.807) is 11.3 Å². The number of nitrogens with two attached hydrogens (primary N) is 1. The lowest BCUT2D eigenvalue weighted by atomic mass is 10.3. The van der Waals surface area contributed by atoms with Crippen LogP contribution >= 0.6 is 11.3 Å². The van der Waals surface area contributed by atoms with Crippen LogP contribution in [0.15, 0.2) is 9.90 Å². The van der Waals surface area contributed by atoms with E-state index in [0.717, 1.165) is 10.7 Å². The molecule has 2 aromatic rings. The zero-order chi connectivity index (χ0) is 10.8. The van der Waals surface area contributed by atoms with Crippen molar-refractivity contribution >= 4 is 11.3 Å². The lowest BCUT2D eigenvalue weighted by Crippen LogP contribution is -2.05. The molecule has 15 heavy (non-hydrogen) atoms. The van der Waals surface area contributed by atoms with E-state index < -0.39 is 0 Å². The third-order valence-corrected chi connectivity index (χ3v) is 2.70. The second-order valence-corrected chi connectivity index (χ2v) is 4.43. The van der Waals surface area contributed by atoms with Crippen molar-refractivity contribution in [2.75, 3.05) is 0 Å². The molecular weight excluding hydrogens is 212 g/mol. The summed E-state index contributed by atoms with van der Waals surface area (Å²) < 4.78 is 4.99. The molecule has 0 saturated carbocycles. The van der Waals surface area contributed by atoms with Crippen molar-refractivity contribution in [2.45, 2.75) is 26.3 Å². The van der Waals surface area contributed by atoms with E-state index in [9.17, 15) is 0 Å². The predicted octanol–water partition coefficient (Wildman–Crippen LogP) is 1.45. The average molecular weight is 224 g/mol. The van der Waals surface area contributed by atoms with Gasteiger partial charge in [0.05, 0.1) is 23.2 Å². The lowest BCUT2D eigenvalue weighted by molar-refractivity contribution is 0.357. The van der Waals surface area contributed by atoms with Crippen molar-refractivity contribution in [2.24, 2.45) is 5.73 Å². The largest absolute Gasteiger partial charge is 0.338 e. The Morgan fingerprint density at radius 3 is 2.87 bits per heavy atom. The van der Waals surface area contributed by atoms with Crippen molar-refractivity contribution in [3.63, 3.8) is 0 Å². The summed E-state index contributed by atoms with van der Waals surface area (Å²) in [4.78, 5) is 8.50. The maximum Gasteiger partial charge on any atom is 0.243 e. The number of thiazole rings is 1. The minimum Gasteiger partial charge on any atom is -0.338 e. The van der Waals surface area contributed by atoms with Crippen LogP contribution in [-0.2, 0) is 6.42 Å². The summed E-state index contributed by atoms with van der Waals surface area (Å²) >= 11 is 1.61. The van der Waals surface area contributed by atoms with E-state index in [0.29, 0.717) is 18.1 Å². The molecule has 80 valence electrons. The quantitative estimate of drug-likeness (QED) is 0.853. The third-order valence-electron chi connectivity index (χ3n) is 1.88. The molecule has 0 aliphatic heterocycles. The molecule has 0 bridgehead atoms. The van der Waals surface area contributed by atoms with E-state index in [1.807, 2.05) is 19.2 Å². The average Bonchev–Trinajstić information content (AvgIpc) is 2.76. The monoisotopic (exact) mass is 224 g/mol. The molecule has 0 radical (unpaired) electrons. The second-order valence-electron chi connectivity index (χ2n) is 3.37. The second kappa shape index (κ2) is 4.08. The van der Waals surface area contributed by atoms with Crippen LogP contribution in [0.4, 0.5) is 0 Å². The van der Waals surface area contributed by atoms with Crippen molar-refractivity contribution in [1.82, 2.24) is 15.1 Å². The Hall–Kier alpha value is -1.27. The Balaban J connectivity index is 2.11. The summed E-state index contributed by atoms with van der Waals surface area (Å²) in [5.74, 6) is 1.10. The molecule has 2 heterocycles. The van der Waals surface area contributed by atoms with Gasteiger partial charge in [-0.25, -0.2) is 4.98 Å². The van der Waals surface area contributed by atoms with Gasteiger partial charge in [0.15, 0.2) is 5.82 Å². The zero-order valence-electron chi connectivity index (χ0n) is 8.60. The highest BCUT2D eigenvalue weighted by molar-refractivity contribution is 7.09. The maximum atomic E-state index is 5.61. The van der Waals surface area contributed by atoms with Crippen LogP contribution in [-0.4, -0.2) is 15.1 Å². The summed E-state index contributed by atoms with van der Waals surface area (Å²) in [6.07, 6.45) is 0.598. The molecular formula is C9H12N4OS. The fourth-order valence-corrected chi connectivity index (χ4v) is 1.79. The Bertz CT molecular complexity index is 448. The Kier molecular flexibility index (Phi) is 2.79. The molecule has 0 aliphatic rings. The standard InChI is InChI=1S/C9H12N4OS/c1-5(10)9-12-8(13-14-9)3-7-4-15-6(2)11-7/h4-5H,3,10H2,1-2H3/t5-/m0/s1. The van der Waals surface area contributed by atoms with Gasteiger partial charge >= 0.3 is 0 Å². The predicted molar refractivity (Wildman–Crippen MR) is 56.6 cm³/mol. The van der Waals surface area contributed by atoms with E-state index in [4.69, 9.17) is 10.3 Å². The molecule has 1 atom stereocenters. The van der Waals surface area contributed by atoms with Gasteiger partial charge in [-0.15, -0.1) is 11.3 Å². The van der Waals surface area contributed by atoms with Crippen molar-refractivity contribution in [1.29, 1.82) is 0 Å². The van der Waals surface area contributed by atoms with Gasteiger partial charge in [-0.3, -0.25) is 0 Å². The van der Waals surface area contributed by atoms with Crippen LogP contribution in [0.5, 0.6) is 0 Å². The fourth-order valence-electron chi connectivity index (χ4n) is 1.18. The topological polar surface area (TPSA) is 77.8 Å². The molecule has 0 aromatic carbocycles. The SMILES string of the molecule is Cc1nc(Cc2noc([C@H](C)N)n2)cs1. The molecule has 0 aliphatic carbocycles. The van der Waals surface area contributed by atoms with Crippen LogP contribution in [0.2, 0.25) is 0 Å². The summed E-state index contributed by atoms with van der Waals surface area (Å²) in [5.41, 5.74) is 6.58. The third kappa shape index (κ3) is 2.40. The van der Waals surface area contributed by atoms with E-state index in [2.05, 4.69) is 15.1 Å². The molecule has 0 saturated heterocycles. The smallest absolute Gasteiger partial charge is 0.243 e. The van der Waals surface area contributed by atoms with E-state index in [1.165, 1.54) is 0 Å². The maximum absolute atomic E-state index is 5.61. The van der Waals surface area contributed by atoms with Crippen LogP contribution in [0.3, 0.4) is 0 Å². The molecule has 0 fully saturated rings. The number of rotatable bonds is 3. The molecule has 2 N–H and O–H groups in total. The first-order valence-electron chi connectivity index (χ1n) is 4.64. The first kappa shape index (κ1) is 10.3. The number of aromatic nitrogens is 3. The van der Waals surface area contributed by atoms with Crippen LogP contribution in [0.25, 0.3) is 0 Å². The Morgan fingerprint density at radius 1 is 1.53 bits per heavy atom. The van der Waals surface area contributed by atoms with E-state index >= 15 is 0 Å². The van der Waals surface area contributed by atoms with E-state index in [-0.39, 0.29) is 6.04 Å². The lowest BCUT2D eigenvalue weighted by Gasteiger charge is -1.92. The van der Waals surface area contributed by atoms with Gasteiger partial charge in [-0.1, -0.05) is 5.16 Å². The molecule has 0 amide bonds. The van der Waals surface area contributed by atoms with Gasteiger partial charge < -0.3 is 10.3 Å². The summed E-state index contributed by atoms with van der Waals surface area (Å²) in [7, 11) is 0. The van der Waals surface area contributed by atoms with Crippen LogP contribution < -0.4 is 5.73 Å². The van der Waals surface area contributed by atoms with Gasteiger partial charge in [0.2, 0.25) is 5.89 Å². The first-order valence-corrected chi connectivity index (χ1v) is 5.52. The molecule has 2 aromatic heterocycles. The van der Waals surface area contributed by atoms with Crippen molar-refractivity contribution in [3.05, 3.63) is 27.8 Å². The van der Waals surface area contributed by atoms with Gasteiger partial charge in [0, 0.05) is 5.38 Å². The van der Waals surface area contributed by atoms with Crippen LogP contribution in [0, 0.1) is 6.92 Å². The van der Waals surface area contributed by atoms with Gasteiger partial charge in [-0.05, 0) is 13.8 Å². The zero-order valence-corrected chi connectivity index (χ0v) is 9.41. The normalized spacial score (nSPS) is 13.0. The molecule has 5 nitrogen and oxygen atoms in total. The minimum absolute atomic E-state index is 0.219. The molecule has 0 spiro atoms. The van der Waals surface area contributed by atoms with Crippen molar-refractivity contribution < 1.29 is 4.52 Å². The first-order chi connectivity index (χ1) is 7.15.